The second-order valence-electron chi connectivity index (χ2n) is 3.63. The number of rotatable bonds is 2. The van der Waals surface area contributed by atoms with Gasteiger partial charge in [0.15, 0.2) is 5.92 Å². The Kier molecular flexibility index (Phi) is 4.94. The van der Waals surface area contributed by atoms with Crippen molar-refractivity contribution in [2.24, 2.45) is 5.92 Å². The molecule has 21 heavy (non-hydrogen) atoms. The van der Waals surface area contributed by atoms with Gasteiger partial charge in [0.05, 0.1) is 0 Å². The first-order valence-electron chi connectivity index (χ1n) is 4.49. The van der Waals surface area contributed by atoms with Crippen molar-refractivity contribution < 1.29 is 57.1 Å². The molecular weight excluding hydrogens is 343 g/mol. The molecule has 0 nitrogen and oxygen atoms in total. The lowest BCUT2D eigenvalue weighted by Crippen LogP contribution is -2.52. The molecule has 0 rings (SSSR count). The molecule has 0 fully saturated rings. The highest BCUT2D eigenvalue weighted by atomic mass is 19.4. The third-order valence-corrected chi connectivity index (χ3v) is 2.05. The van der Waals surface area contributed by atoms with E-state index in [9.17, 15) is 57.1 Å². The summed E-state index contributed by atoms with van der Waals surface area (Å²) in [7, 11) is 0. The smallest absolute Gasteiger partial charge is 0.219 e. The van der Waals surface area contributed by atoms with E-state index in [1.807, 2.05) is 0 Å². The standard InChI is InChI=1S/C8H3F13/c9-4(7(16,17)18,8(19,20)21)2-1-3(5(10,11)12)6(13,14)15/h1-3H. The number of halogens is 13. The van der Waals surface area contributed by atoms with Gasteiger partial charge in [0.2, 0.25) is 0 Å². The average Bonchev–Trinajstić information content (AvgIpc) is 2.08. The van der Waals surface area contributed by atoms with Crippen LogP contribution in [-0.4, -0.2) is 30.4 Å². The van der Waals surface area contributed by atoms with Crippen LogP contribution in [0.15, 0.2) is 12.2 Å². The summed E-state index contributed by atoms with van der Waals surface area (Å²) in [5.41, 5.74) is -6.34. The summed E-state index contributed by atoms with van der Waals surface area (Å²) in [5, 5.41) is 0. The zero-order chi connectivity index (χ0) is 17.5. The quantitative estimate of drug-likeness (QED) is 0.481. The van der Waals surface area contributed by atoms with Gasteiger partial charge >= 0.3 is 30.4 Å². The van der Waals surface area contributed by atoms with Gasteiger partial charge in [-0.15, -0.1) is 0 Å². The Bertz CT molecular complexity index is 347. The Balaban J connectivity index is 5.85. The molecule has 0 atom stereocenters. The van der Waals surface area contributed by atoms with Gasteiger partial charge in [0, 0.05) is 0 Å². The Morgan fingerprint density at radius 1 is 0.524 bits per heavy atom. The molecule has 0 saturated heterocycles. The maximum absolute atomic E-state index is 12.9. The first kappa shape index (κ1) is 19.8. The molecule has 0 spiro atoms. The molecule has 0 unspecified atom stereocenters. The van der Waals surface area contributed by atoms with Crippen molar-refractivity contribution >= 4 is 0 Å². The molecule has 0 amide bonds. The van der Waals surface area contributed by atoms with Gasteiger partial charge in [-0.2, -0.15) is 52.7 Å². The fraction of sp³-hybridized carbons (Fsp3) is 0.750. The van der Waals surface area contributed by atoms with Crippen LogP contribution in [0, 0.1) is 5.92 Å². The number of allylic oxidation sites excluding steroid dienone is 2. The van der Waals surface area contributed by atoms with Gasteiger partial charge in [-0.05, 0) is 6.08 Å². The van der Waals surface area contributed by atoms with Crippen LogP contribution < -0.4 is 0 Å². The van der Waals surface area contributed by atoms with E-state index < -0.39 is 48.4 Å². The fourth-order valence-corrected chi connectivity index (χ4v) is 0.982. The molecule has 0 aromatic heterocycles. The van der Waals surface area contributed by atoms with E-state index in [-0.39, 0.29) is 0 Å². The van der Waals surface area contributed by atoms with E-state index in [0.29, 0.717) is 0 Å². The molecule has 0 aromatic carbocycles. The zero-order valence-electron chi connectivity index (χ0n) is 9.15. The van der Waals surface area contributed by atoms with Gasteiger partial charge in [0.1, 0.15) is 0 Å². The summed E-state index contributed by atoms with van der Waals surface area (Å²) < 4.78 is 156. The predicted molar refractivity (Wildman–Crippen MR) is 40.7 cm³/mol. The lowest BCUT2D eigenvalue weighted by molar-refractivity contribution is -0.323. The lowest BCUT2D eigenvalue weighted by atomic mass is 10.00. The summed E-state index contributed by atoms with van der Waals surface area (Å²) in [6.07, 6.45) is -29.5. The van der Waals surface area contributed by atoms with Crippen molar-refractivity contribution in [3.63, 3.8) is 0 Å². The molecule has 0 radical (unpaired) electrons. The number of hydrogen-bond acceptors (Lipinski definition) is 0. The maximum Gasteiger partial charge on any atom is 0.435 e. The summed E-state index contributed by atoms with van der Waals surface area (Å²) >= 11 is 0. The van der Waals surface area contributed by atoms with Crippen molar-refractivity contribution in [3.8, 4) is 0 Å². The Labute approximate surface area is 107 Å². The van der Waals surface area contributed by atoms with Crippen LogP contribution in [0.1, 0.15) is 0 Å². The third-order valence-electron chi connectivity index (χ3n) is 2.05. The van der Waals surface area contributed by atoms with E-state index in [1.165, 1.54) is 0 Å². The molecule has 0 aromatic rings. The van der Waals surface area contributed by atoms with E-state index in [0.717, 1.165) is 0 Å². The maximum atomic E-state index is 12.9. The van der Waals surface area contributed by atoms with Crippen molar-refractivity contribution in [1.82, 2.24) is 0 Å². The average molecular weight is 346 g/mol. The Morgan fingerprint density at radius 3 is 1.00 bits per heavy atom. The van der Waals surface area contributed by atoms with Crippen LogP contribution in [0.4, 0.5) is 57.1 Å². The van der Waals surface area contributed by atoms with Gasteiger partial charge in [-0.1, -0.05) is 6.08 Å². The molecule has 0 saturated carbocycles. The van der Waals surface area contributed by atoms with Crippen LogP contribution in [0.3, 0.4) is 0 Å². The first-order valence-corrected chi connectivity index (χ1v) is 4.49. The van der Waals surface area contributed by atoms with E-state index in [2.05, 4.69) is 0 Å². The van der Waals surface area contributed by atoms with Crippen molar-refractivity contribution in [2.75, 3.05) is 0 Å². The van der Waals surface area contributed by atoms with Crippen LogP contribution >= 0.6 is 0 Å². The molecule has 0 bridgehead atoms. The summed E-state index contributed by atoms with van der Waals surface area (Å²) in [6, 6.07) is 0. The number of hydrogen-bond donors (Lipinski definition) is 0. The molecule has 0 heterocycles. The minimum atomic E-state index is -6.79. The third kappa shape index (κ3) is 4.40. The van der Waals surface area contributed by atoms with Crippen molar-refractivity contribution in [3.05, 3.63) is 12.2 Å². The highest BCUT2D eigenvalue weighted by molar-refractivity contribution is 5.13. The second kappa shape index (κ2) is 5.23. The Morgan fingerprint density at radius 2 is 0.810 bits per heavy atom. The summed E-state index contributed by atoms with van der Waals surface area (Å²) in [4.78, 5) is 0. The minimum Gasteiger partial charge on any atom is -0.219 e. The molecule has 0 aliphatic carbocycles. The normalized spacial score (nSPS) is 16.1. The number of alkyl halides is 13. The van der Waals surface area contributed by atoms with Gasteiger partial charge in [-0.3, -0.25) is 0 Å². The molecule has 0 aliphatic heterocycles. The van der Waals surface area contributed by atoms with Gasteiger partial charge in [-0.25, -0.2) is 4.39 Å². The first-order chi connectivity index (χ1) is 8.84. The van der Waals surface area contributed by atoms with E-state index in [4.69, 9.17) is 0 Å². The molecule has 126 valence electrons. The zero-order valence-corrected chi connectivity index (χ0v) is 9.15. The summed E-state index contributed by atoms with van der Waals surface area (Å²) in [6.45, 7) is 0. The topological polar surface area (TPSA) is 0 Å². The minimum absolute atomic E-state index is 1.55. The largest absolute Gasteiger partial charge is 0.435 e. The van der Waals surface area contributed by atoms with Crippen LogP contribution in [0.2, 0.25) is 0 Å². The van der Waals surface area contributed by atoms with Crippen LogP contribution in [-0.2, 0) is 0 Å². The van der Waals surface area contributed by atoms with Crippen molar-refractivity contribution in [1.29, 1.82) is 0 Å². The SMILES string of the molecule is FC(F)(F)C(C=CC(F)(C(F)(F)F)C(F)(F)F)C(F)(F)F. The molecule has 13 heteroatoms. The van der Waals surface area contributed by atoms with Gasteiger partial charge in [0.25, 0.3) is 0 Å². The highest BCUT2D eigenvalue weighted by Crippen LogP contribution is 2.48. The molecular formula is C8H3F13. The molecule has 0 aliphatic rings. The monoisotopic (exact) mass is 346 g/mol. The lowest BCUT2D eigenvalue weighted by Gasteiger charge is -2.28. The summed E-state index contributed by atoms with van der Waals surface area (Å²) in [5.74, 6) is -4.68. The van der Waals surface area contributed by atoms with E-state index >= 15 is 0 Å². The van der Waals surface area contributed by atoms with E-state index in [1.54, 1.807) is 0 Å². The highest BCUT2D eigenvalue weighted by Gasteiger charge is 2.71. The predicted octanol–water partition coefficient (Wildman–Crippen LogP) is 5.12. The second-order valence-corrected chi connectivity index (χ2v) is 3.63. The Hall–Kier alpha value is -1.17. The van der Waals surface area contributed by atoms with Gasteiger partial charge < -0.3 is 0 Å². The van der Waals surface area contributed by atoms with Crippen LogP contribution in [0.5, 0.6) is 0 Å². The van der Waals surface area contributed by atoms with Crippen LogP contribution in [0.25, 0.3) is 0 Å². The fourth-order valence-electron chi connectivity index (χ4n) is 0.982. The molecule has 0 N–H and O–H groups in total. The van der Waals surface area contributed by atoms with Crippen molar-refractivity contribution in [2.45, 2.75) is 30.4 Å².